The van der Waals surface area contributed by atoms with Gasteiger partial charge in [-0.05, 0) is 36.2 Å². The zero-order valence-corrected chi connectivity index (χ0v) is 23.1. The van der Waals surface area contributed by atoms with Crippen LogP contribution in [0.4, 0.5) is 0 Å². The van der Waals surface area contributed by atoms with Gasteiger partial charge in [0.25, 0.3) is 0 Å². The van der Waals surface area contributed by atoms with Crippen LogP contribution in [0.15, 0.2) is 84.9 Å². The Morgan fingerprint density at radius 1 is 0.667 bits per heavy atom. The predicted molar refractivity (Wildman–Crippen MR) is 152 cm³/mol. The maximum absolute atomic E-state index is 6.84. The molecule has 5 rings (SSSR count). The van der Waals surface area contributed by atoms with Gasteiger partial charge in [-0.3, -0.25) is 0 Å². The van der Waals surface area contributed by atoms with Gasteiger partial charge in [-0.2, -0.15) is 0 Å². The Kier molecular flexibility index (Phi) is 7.11. The SMILES string of the molecule is Cc1cc(C(C)c2ccccc2)c2c(c1)C(C)c1cc(C)cc(C(C)c3ccccc3)c1OP(Cl)O2. The van der Waals surface area contributed by atoms with Gasteiger partial charge in [0, 0.05) is 40.0 Å². The fraction of sp³-hybridized carbons (Fsp3) is 0.250. The Labute approximate surface area is 221 Å². The molecule has 0 N–H and O–H groups in total. The minimum atomic E-state index is -1.69. The second-order valence-electron chi connectivity index (χ2n) is 9.93. The number of benzene rings is 4. The molecule has 0 bridgehead atoms. The summed E-state index contributed by atoms with van der Waals surface area (Å²) in [6.45, 7) is 11.0. The normalized spacial score (nSPS) is 18.5. The Morgan fingerprint density at radius 2 is 1.06 bits per heavy atom. The van der Waals surface area contributed by atoms with Crippen molar-refractivity contribution in [2.75, 3.05) is 0 Å². The summed E-state index contributed by atoms with van der Waals surface area (Å²) in [5, 5.41) is 0. The average molecular weight is 515 g/mol. The van der Waals surface area contributed by atoms with Crippen molar-refractivity contribution in [2.45, 2.75) is 52.4 Å². The highest BCUT2D eigenvalue weighted by Crippen LogP contribution is 2.56. The van der Waals surface area contributed by atoms with Crippen molar-refractivity contribution < 1.29 is 9.05 Å². The second kappa shape index (κ2) is 10.3. The van der Waals surface area contributed by atoms with Gasteiger partial charge in [0.1, 0.15) is 11.5 Å². The van der Waals surface area contributed by atoms with Crippen molar-refractivity contribution in [1.82, 2.24) is 0 Å². The molecule has 4 aromatic carbocycles. The summed E-state index contributed by atoms with van der Waals surface area (Å²) in [5.41, 5.74) is 9.55. The van der Waals surface area contributed by atoms with Gasteiger partial charge in [0.05, 0.1) is 0 Å². The molecular formula is C32H32ClO2P. The minimum Gasteiger partial charge on any atom is -0.427 e. The Hall–Kier alpha value is -2.80. The molecule has 0 amide bonds. The first-order valence-corrected chi connectivity index (χ1v) is 14.6. The Bertz CT molecular complexity index is 1270. The zero-order chi connectivity index (χ0) is 25.4. The molecule has 0 aliphatic carbocycles. The lowest BCUT2D eigenvalue weighted by molar-refractivity contribution is 0.477. The zero-order valence-electron chi connectivity index (χ0n) is 21.5. The lowest BCUT2D eigenvalue weighted by Crippen LogP contribution is -2.12. The van der Waals surface area contributed by atoms with Crippen molar-refractivity contribution >= 4 is 19.0 Å². The van der Waals surface area contributed by atoms with E-state index in [9.17, 15) is 0 Å². The lowest BCUT2D eigenvalue weighted by Gasteiger charge is -2.31. The van der Waals surface area contributed by atoms with Gasteiger partial charge >= 0.3 is 7.73 Å². The van der Waals surface area contributed by atoms with Gasteiger partial charge in [-0.25, -0.2) is 0 Å². The number of aryl methyl sites for hydroxylation is 2. The molecule has 4 heteroatoms. The minimum absolute atomic E-state index is 0.0820. The third kappa shape index (κ3) is 4.77. The van der Waals surface area contributed by atoms with E-state index in [-0.39, 0.29) is 17.8 Å². The summed E-state index contributed by atoms with van der Waals surface area (Å²) < 4.78 is 12.9. The molecule has 2 nitrogen and oxygen atoms in total. The maximum Gasteiger partial charge on any atom is 0.401 e. The summed E-state index contributed by atoms with van der Waals surface area (Å²) in [6, 6.07) is 30.1. The number of halogens is 1. The molecule has 36 heavy (non-hydrogen) atoms. The summed E-state index contributed by atoms with van der Waals surface area (Å²) in [6.07, 6.45) is 0. The van der Waals surface area contributed by atoms with Crippen molar-refractivity contribution in [2.24, 2.45) is 0 Å². The van der Waals surface area contributed by atoms with Crippen LogP contribution in [0.3, 0.4) is 0 Å². The molecule has 0 radical (unpaired) electrons. The molecule has 0 saturated heterocycles. The first kappa shape index (κ1) is 24.9. The fourth-order valence-corrected chi connectivity index (χ4v) is 6.49. The molecule has 2 unspecified atom stereocenters. The number of hydrogen-bond acceptors (Lipinski definition) is 2. The molecule has 1 aliphatic rings. The Balaban J connectivity index is 1.67. The van der Waals surface area contributed by atoms with E-state index >= 15 is 0 Å². The third-order valence-electron chi connectivity index (χ3n) is 7.37. The molecule has 0 aromatic heterocycles. The predicted octanol–water partition coefficient (Wildman–Crippen LogP) is 10.00. The van der Waals surface area contributed by atoms with Gasteiger partial charge < -0.3 is 9.05 Å². The number of hydrogen-bond donors (Lipinski definition) is 0. The highest BCUT2D eigenvalue weighted by molar-refractivity contribution is 7.76. The van der Waals surface area contributed by atoms with E-state index in [1.165, 1.54) is 22.3 Å². The van der Waals surface area contributed by atoms with Crippen LogP contribution >= 0.6 is 19.0 Å². The van der Waals surface area contributed by atoms with E-state index in [2.05, 4.69) is 120 Å². The van der Waals surface area contributed by atoms with Crippen LogP contribution < -0.4 is 9.05 Å². The number of rotatable bonds is 4. The van der Waals surface area contributed by atoms with Crippen LogP contribution in [-0.4, -0.2) is 0 Å². The van der Waals surface area contributed by atoms with Crippen molar-refractivity contribution in [3.05, 3.63) is 129 Å². The van der Waals surface area contributed by atoms with E-state index in [1.54, 1.807) is 0 Å². The summed E-state index contributed by atoms with van der Waals surface area (Å²) >= 11 is 6.84. The lowest BCUT2D eigenvalue weighted by atomic mass is 9.82. The van der Waals surface area contributed by atoms with Crippen molar-refractivity contribution in [3.63, 3.8) is 0 Å². The summed E-state index contributed by atoms with van der Waals surface area (Å²) in [7, 11) is -1.69. The average Bonchev–Trinajstić information content (AvgIpc) is 2.89. The summed E-state index contributed by atoms with van der Waals surface area (Å²) in [4.78, 5) is 0. The van der Waals surface area contributed by atoms with Gasteiger partial charge in [0.2, 0.25) is 0 Å². The molecule has 0 spiro atoms. The van der Waals surface area contributed by atoms with Gasteiger partial charge in [0.15, 0.2) is 0 Å². The summed E-state index contributed by atoms with van der Waals surface area (Å²) in [5.74, 6) is 2.12. The van der Waals surface area contributed by atoms with Crippen LogP contribution in [0.1, 0.15) is 83.0 Å². The van der Waals surface area contributed by atoms with Crippen molar-refractivity contribution in [1.29, 1.82) is 0 Å². The first-order chi connectivity index (χ1) is 17.3. The third-order valence-corrected chi connectivity index (χ3v) is 8.44. The monoisotopic (exact) mass is 514 g/mol. The topological polar surface area (TPSA) is 18.5 Å². The molecule has 0 saturated carbocycles. The highest BCUT2D eigenvalue weighted by Gasteiger charge is 2.32. The van der Waals surface area contributed by atoms with E-state index in [1.807, 2.05) is 0 Å². The standard InChI is InChI=1S/C32H32ClO2P/c1-20-16-27(22(3)25-12-8-6-9-13-25)31-29(18-20)24(5)30-19-21(2)17-28(32(30)35-36(33)34-31)23(4)26-14-10-7-11-15-26/h6-19,22-24H,1-5H3. The van der Waals surface area contributed by atoms with E-state index in [0.717, 1.165) is 33.8 Å². The van der Waals surface area contributed by atoms with Gasteiger partial charge in [-0.1, -0.05) is 117 Å². The molecule has 184 valence electrons. The van der Waals surface area contributed by atoms with Crippen LogP contribution in [0.5, 0.6) is 11.5 Å². The fourth-order valence-electron chi connectivity index (χ4n) is 5.33. The molecule has 2 atom stereocenters. The first-order valence-electron chi connectivity index (χ1n) is 12.5. The smallest absolute Gasteiger partial charge is 0.401 e. The molecular weight excluding hydrogens is 483 g/mol. The Morgan fingerprint density at radius 3 is 1.44 bits per heavy atom. The number of fused-ring (bicyclic) bond motifs is 2. The van der Waals surface area contributed by atoms with E-state index in [4.69, 9.17) is 20.3 Å². The molecule has 0 fully saturated rings. The molecule has 1 heterocycles. The maximum atomic E-state index is 6.84. The van der Waals surface area contributed by atoms with E-state index < -0.39 is 7.73 Å². The highest BCUT2D eigenvalue weighted by atomic mass is 35.7. The van der Waals surface area contributed by atoms with Crippen LogP contribution in [0.2, 0.25) is 0 Å². The quantitative estimate of drug-likeness (QED) is 0.252. The van der Waals surface area contributed by atoms with E-state index in [0.29, 0.717) is 0 Å². The van der Waals surface area contributed by atoms with Crippen LogP contribution in [0, 0.1) is 13.8 Å². The van der Waals surface area contributed by atoms with Crippen molar-refractivity contribution in [3.8, 4) is 11.5 Å². The van der Waals surface area contributed by atoms with Gasteiger partial charge in [-0.15, -0.1) is 0 Å². The molecule has 4 aromatic rings. The van der Waals surface area contributed by atoms with Crippen LogP contribution in [0.25, 0.3) is 0 Å². The largest absolute Gasteiger partial charge is 0.427 e. The van der Waals surface area contributed by atoms with Crippen LogP contribution in [-0.2, 0) is 0 Å². The second-order valence-corrected chi connectivity index (χ2v) is 11.5. The molecule has 1 aliphatic heterocycles.